The van der Waals surface area contributed by atoms with Crippen LogP contribution in [0.25, 0.3) is 0 Å². The van der Waals surface area contributed by atoms with E-state index in [1.807, 2.05) is 50.2 Å². The Labute approximate surface area is 257 Å². The van der Waals surface area contributed by atoms with E-state index in [0.717, 1.165) is 47.9 Å². The molecule has 0 aromatic heterocycles. The molecule has 8 heteroatoms. The Morgan fingerprint density at radius 3 is 2.09 bits per heavy atom. The summed E-state index contributed by atoms with van der Waals surface area (Å²) >= 11 is 0. The first-order valence-electron chi connectivity index (χ1n) is 15.3. The van der Waals surface area contributed by atoms with Gasteiger partial charge >= 0.3 is 0 Å². The van der Waals surface area contributed by atoms with Crippen LogP contribution in [0, 0.1) is 13.8 Å². The van der Waals surface area contributed by atoms with Gasteiger partial charge in [-0.1, -0.05) is 87.2 Å². The molecule has 1 atom stereocenters. The van der Waals surface area contributed by atoms with E-state index < -0.39 is 28.5 Å². The smallest absolute Gasteiger partial charge is 0.264 e. The van der Waals surface area contributed by atoms with E-state index in [0.29, 0.717) is 5.69 Å². The molecule has 0 radical (unpaired) electrons. The molecular formula is C35H45N3O4S. The third-order valence-corrected chi connectivity index (χ3v) is 10.2. The van der Waals surface area contributed by atoms with Crippen LogP contribution >= 0.6 is 0 Å². The summed E-state index contributed by atoms with van der Waals surface area (Å²) in [7, 11) is -4.10. The molecule has 2 amide bonds. The van der Waals surface area contributed by atoms with Crippen LogP contribution in [-0.4, -0.2) is 43.8 Å². The largest absolute Gasteiger partial charge is 0.352 e. The van der Waals surface area contributed by atoms with Crippen molar-refractivity contribution in [3.05, 3.63) is 95.1 Å². The summed E-state index contributed by atoms with van der Waals surface area (Å²) in [5.41, 5.74) is 4.30. The molecule has 0 saturated heterocycles. The molecular weight excluding hydrogens is 558 g/mol. The lowest BCUT2D eigenvalue weighted by molar-refractivity contribution is -0.139. The molecule has 4 rings (SSSR count). The molecule has 7 nitrogen and oxygen atoms in total. The van der Waals surface area contributed by atoms with E-state index in [9.17, 15) is 18.0 Å². The SMILES string of the molecule is Cc1ccc(S(=O)(=O)N(CC(=O)N(Cc2ccccc2C)[C@@H](C)C(=O)NC2CCCCC2)c2ccc(C(C)C)cc2)cc1. The van der Waals surface area contributed by atoms with Gasteiger partial charge in [-0.05, 0) is 80.5 Å². The third-order valence-electron chi connectivity index (χ3n) is 8.46. The summed E-state index contributed by atoms with van der Waals surface area (Å²) in [5.74, 6) is -0.396. The molecule has 1 N–H and O–H groups in total. The Kier molecular flexibility index (Phi) is 10.7. The van der Waals surface area contributed by atoms with E-state index in [4.69, 9.17) is 0 Å². The first-order valence-corrected chi connectivity index (χ1v) is 16.7. The minimum atomic E-state index is -4.10. The van der Waals surface area contributed by atoms with Crippen molar-refractivity contribution in [2.75, 3.05) is 10.8 Å². The Hall–Kier alpha value is -3.65. The quantitative estimate of drug-likeness (QED) is 0.272. The van der Waals surface area contributed by atoms with Gasteiger partial charge in [-0.15, -0.1) is 0 Å². The maximum Gasteiger partial charge on any atom is 0.264 e. The minimum Gasteiger partial charge on any atom is -0.352 e. The maximum atomic E-state index is 14.2. The van der Waals surface area contributed by atoms with Crippen molar-refractivity contribution >= 4 is 27.5 Å². The zero-order valence-electron chi connectivity index (χ0n) is 26.0. The van der Waals surface area contributed by atoms with Crippen LogP contribution < -0.4 is 9.62 Å². The first kappa shape index (κ1) is 32.3. The van der Waals surface area contributed by atoms with Crippen molar-refractivity contribution in [3.63, 3.8) is 0 Å². The van der Waals surface area contributed by atoms with Gasteiger partial charge in [0.2, 0.25) is 11.8 Å². The van der Waals surface area contributed by atoms with Gasteiger partial charge in [-0.25, -0.2) is 8.42 Å². The monoisotopic (exact) mass is 603 g/mol. The number of anilines is 1. The fourth-order valence-corrected chi connectivity index (χ4v) is 6.93. The van der Waals surface area contributed by atoms with E-state index in [1.165, 1.54) is 15.6 Å². The molecule has 1 saturated carbocycles. The number of nitrogens with one attached hydrogen (secondary N) is 1. The van der Waals surface area contributed by atoms with E-state index in [-0.39, 0.29) is 29.3 Å². The highest BCUT2D eigenvalue weighted by molar-refractivity contribution is 7.92. The van der Waals surface area contributed by atoms with Crippen LogP contribution in [0.15, 0.2) is 77.7 Å². The van der Waals surface area contributed by atoms with Gasteiger partial charge in [-0.2, -0.15) is 0 Å². The molecule has 3 aromatic carbocycles. The third kappa shape index (κ3) is 8.05. The Morgan fingerprint density at radius 2 is 1.49 bits per heavy atom. The van der Waals surface area contributed by atoms with Gasteiger partial charge in [0.1, 0.15) is 12.6 Å². The number of carbonyl (C=O) groups is 2. The maximum absolute atomic E-state index is 14.2. The van der Waals surface area contributed by atoms with Crippen LogP contribution in [0.5, 0.6) is 0 Å². The molecule has 1 aliphatic rings. The fourth-order valence-electron chi connectivity index (χ4n) is 5.51. The summed E-state index contributed by atoms with van der Waals surface area (Å²) in [6.07, 6.45) is 5.18. The minimum absolute atomic E-state index is 0.0944. The lowest BCUT2D eigenvalue weighted by Crippen LogP contribution is -2.53. The van der Waals surface area contributed by atoms with Crippen LogP contribution in [0.3, 0.4) is 0 Å². The molecule has 0 spiro atoms. The normalized spacial score (nSPS) is 14.7. The Morgan fingerprint density at radius 1 is 0.860 bits per heavy atom. The number of hydrogen-bond acceptors (Lipinski definition) is 4. The second kappa shape index (κ2) is 14.2. The predicted molar refractivity (Wildman–Crippen MR) is 172 cm³/mol. The highest BCUT2D eigenvalue weighted by Crippen LogP contribution is 2.27. The summed E-state index contributed by atoms with van der Waals surface area (Å²) in [5, 5.41) is 3.15. The zero-order chi connectivity index (χ0) is 31.1. The van der Waals surface area contributed by atoms with Gasteiger partial charge in [0.05, 0.1) is 10.6 Å². The standard InChI is InChI=1S/C35H45N3O4S/c1-25(2)29-17-19-32(20-18-29)38(43(41,42)33-21-15-26(3)16-22-33)24-34(39)37(23-30-12-10-9-11-27(30)4)28(5)35(40)36-31-13-7-6-8-14-31/h9-12,15-22,25,28,31H,6-8,13-14,23-24H2,1-5H3,(H,36,40)/t28-/m0/s1. The van der Waals surface area contributed by atoms with Gasteiger partial charge in [-0.3, -0.25) is 13.9 Å². The lowest BCUT2D eigenvalue weighted by Gasteiger charge is -2.33. The highest BCUT2D eigenvalue weighted by Gasteiger charge is 2.33. The predicted octanol–water partition coefficient (Wildman–Crippen LogP) is 6.49. The number of benzene rings is 3. The van der Waals surface area contributed by atoms with E-state index in [1.54, 1.807) is 43.3 Å². The van der Waals surface area contributed by atoms with Crippen molar-refractivity contribution in [2.45, 2.75) is 96.2 Å². The van der Waals surface area contributed by atoms with Gasteiger partial charge < -0.3 is 10.2 Å². The van der Waals surface area contributed by atoms with E-state index in [2.05, 4.69) is 19.2 Å². The molecule has 1 aliphatic carbocycles. The molecule has 43 heavy (non-hydrogen) atoms. The summed E-state index contributed by atoms with van der Waals surface area (Å²) < 4.78 is 29.3. The number of rotatable bonds is 11. The van der Waals surface area contributed by atoms with Crippen LogP contribution in [0.2, 0.25) is 0 Å². The molecule has 3 aromatic rings. The second-order valence-corrected chi connectivity index (χ2v) is 13.9. The fraction of sp³-hybridized carbons (Fsp3) is 0.429. The average Bonchev–Trinajstić information content (AvgIpc) is 2.99. The number of hydrogen-bond donors (Lipinski definition) is 1. The molecule has 230 valence electrons. The van der Waals surface area contributed by atoms with Crippen molar-refractivity contribution in [2.24, 2.45) is 0 Å². The summed E-state index contributed by atoms with van der Waals surface area (Å²) in [6, 6.07) is 21.0. The van der Waals surface area contributed by atoms with Crippen molar-refractivity contribution in [1.29, 1.82) is 0 Å². The molecule has 1 fully saturated rings. The first-order chi connectivity index (χ1) is 20.5. The number of carbonyl (C=O) groups excluding carboxylic acids is 2. The second-order valence-electron chi connectivity index (χ2n) is 12.0. The Balaban J connectivity index is 1.69. The van der Waals surface area contributed by atoms with Crippen LogP contribution in [0.4, 0.5) is 5.69 Å². The molecule has 0 aliphatic heterocycles. The topological polar surface area (TPSA) is 86.8 Å². The van der Waals surface area contributed by atoms with Crippen LogP contribution in [-0.2, 0) is 26.2 Å². The van der Waals surface area contributed by atoms with Gasteiger partial charge in [0.15, 0.2) is 0 Å². The van der Waals surface area contributed by atoms with Gasteiger partial charge in [0.25, 0.3) is 10.0 Å². The lowest BCUT2D eigenvalue weighted by atomic mass is 9.95. The van der Waals surface area contributed by atoms with E-state index >= 15 is 0 Å². The number of nitrogens with zero attached hydrogens (tertiary/aromatic N) is 2. The number of aryl methyl sites for hydroxylation is 2. The summed E-state index contributed by atoms with van der Waals surface area (Å²) in [4.78, 5) is 29.3. The summed E-state index contributed by atoms with van der Waals surface area (Å²) in [6.45, 7) is 9.48. The van der Waals surface area contributed by atoms with Crippen molar-refractivity contribution < 1.29 is 18.0 Å². The van der Waals surface area contributed by atoms with Crippen molar-refractivity contribution in [3.8, 4) is 0 Å². The van der Waals surface area contributed by atoms with Crippen molar-refractivity contribution in [1.82, 2.24) is 10.2 Å². The van der Waals surface area contributed by atoms with Gasteiger partial charge in [0, 0.05) is 12.6 Å². The molecule has 0 unspecified atom stereocenters. The highest BCUT2D eigenvalue weighted by atomic mass is 32.2. The average molecular weight is 604 g/mol. The zero-order valence-corrected chi connectivity index (χ0v) is 26.9. The molecule has 0 bridgehead atoms. The molecule has 0 heterocycles. The Bertz CT molecular complexity index is 1490. The van der Waals surface area contributed by atoms with Crippen LogP contribution in [0.1, 0.15) is 81.0 Å². The number of amides is 2. The number of sulfonamides is 1.